The van der Waals surface area contributed by atoms with Crippen LogP contribution in [0.1, 0.15) is 31.8 Å². The highest BCUT2D eigenvalue weighted by Gasteiger charge is 2.33. The lowest BCUT2D eigenvalue weighted by molar-refractivity contribution is 0.0978. The van der Waals surface area contributed by atoms with Gasteiger partial charge in [-0.1, -0.05) is 24.3 Å². The van der Waals surface area contributed by atoms with Gasteiger partial charge in [0.1, 0.15) is 0 Å². The van der Waals surface area contributed by atoms with E-state index in [2.05, 4.69) is 0 Å². The molecule has 0 saturated heterocycles. The second-order valence-electron chi connectivity index (χ2n) is 4.44. The average molecular weight is 433 g/mol. The van der Waals surface area contributed by atoms with E-state index in [4.69, 9.17) is 10.7 Å². The third-order valence-electron chi connectivity index (χ3n) is 3.26. The molecule has 7 heteroatoms. The second kappa shape index (κ2) is 4.89. The third-order valence-corrected chi connectivity index (χ3v) is 6.11. The number of fused-ring (bicyclic) bond motifs is 2. The molecule has 3 rings (SSSR count). The Labute approximate surface area is 138 Å². The van der Waals surface area contributed by atoms with Crippen molar-refractivity contribution >= 4 is 53.9 Å². The maximum atomic E-state index is 12.6. The maximum Gasteiger partial charge on any atom is 0.262 e. The predicted octanol–water partition coefficient (Wildman–Crippen LogP) is 2.99. The summed E-state index contributed by atoms with van der Waals surface area (Å²) in [7, 11) is 1.38. The molecular weight excluding hydrogens is 427 g/mol. The Morgan fingerprint density at radius 1 is 0.857 bits per heavy atom. The maximum absolute atomic E-state index is 12.6. The first-order valence-electron chi connectivity index (χ1n) is 5.78. The van der Waals surface area contributed by atoms with Crippen molar-refractivity contribution in [2.45, 2.75) is 4.90 Å². The molecule has 0 heterocycles. The number of hydrogen-bond donors (Lipinski definition) is 0. The van der Waals surface area contributed by atoms with Crippen LogP contribution in [0.25, 0.3) is 0 Å². The minimum absolute atomic E-state index is 0.0982. The molecule has 0 radical (unpaired) electrons. The van der Waals surface area contributed by atoms with E-state index in [1.165, 1.54) is 12.1 Å². The Morgan fingerprint density at radius 3 is 2.00 bits per heavy atom. The summed E-state index contributed by atoms with van der Waals surface area (Å²) in [5.74, 6) is -0.664. The minimum atomic E-state index is -3.98. The SMILES string of the molecule is O=C1c2ccccc2C(=O)c2c1ccc(S(=O)(=O)Cl)c2I. The monoisotopic (exact) mass is 432 g/mol. The first-order chi connectivity index (χ1) is 9.82. The van der Waals surface area contributed by atoms with Crippen LogP contribution in [0.5, 0.6) is 0 Å². The Balaban J connectivity index is 2.37. The molecular formula is C14H6ClIO4S. The van der Waals surface area contributed by atoms with E-state index < -0.39 is 9.05 Å². The molecule has 0 unspecified atom stereocenters. The zero-order chi connectivity index (χ0) is 15.4. The Hall–Kier alpha value is -1.25. The highest BCUT2D eigenvalue weighted by molar-refractivity contribution is 14.1. The van der Waals surface area contributed by atoms with Crippen LogP contribution in [-0.4, -0.2) is 20.0 Å². The van der Waals surface area contributed by atoms with Crippen molar-refractivity contribution in [1.82, 2.24) is 0 Å². The molecule has 0 spiro atoms. The van der Waals surface area contributed by atoms with E-state index in [0.29, 0.717) is 5.56 Å². The molecule has 1 aliphatic rings. The van der Waals surface area contributed by atoms with Gasteiger partial charge in [0, 0.05) is 36.5 Å². The van der Waals surface area contributed by atoms with Gasteiger partial charge in [0.15, 0.2) is 11.6 Å². The Bertz CT molecular complexity index is 919. The average Bonchev–Trinajstić information content (AvgIpc) is 2.43. The van der Waals surface area contributed by atoms with Crippen LogP contribution in [0.2, 0.25) is 0 Å². The van der Waals surface area contributed by atoms with E-state index in [9.17, 15) is 18.0 Å². The standard InChI is InChI=1S/C14H6ClIO4S/c15-21(19,20)10-6-5-9-11(12(10)16)14(18)8-4-2-1-3-7(8)13(9)17/h1-6H. The number of carbonyl (C=O) groups is 2. The van der Waals surface area contributed by atoms with Gasteiger partial charge in [-0.15, -0.1) is 0 Å². The van der Waals surface area contributed by atoms with Gasteiger partial charge < -0.3 is 0 Å². The van der Waals surface area contributed by atoms with E-state index in [1.807, 2.05) is 0 Å². The summed E-state index contributed by atoms with van der Waals surface area (Å²) >= 11 is 1.74. The fraction of sp³-hybridized carbons (Fsp3) is 0. The molecule has 0 aromatic heterocycles. The molecule has 1 aliphatic carbocycles. The minimum Gasteiger partial charge on any atom is -0.289 e. The quantitative estimate of drug-likeness (QED) is 0.438. The Kier molecular flexibility index (Phi) is 3.42. The molecule has 0 aliphatic heterocycles. The van der Waals surface area contributed by atoms with Gasteiger partial charge in [-0.3, -0.25) is 9.59 Å². The summed E-state index contributed by atoms with van der Waals surface area (Å²) in [6.07, 6.45) is 0. The number of halogens is 2. The molecule has 0 bridgehead atoms. The van der Waals surface area contributed by atoms with Crippen molar-refractivity contribution in [1.29, 1.82) is 0 Å². The largest absolute Gasteiger partial charge is 0.289 e. The van der Waals surface area contributed by atoms with E-state index in [1.54, 1.807) is 46.9 Å². The summed E-state index contributed by atoms with van der Waals surface area (Å²) < 4.78 is 23.2. The van der Waals surface area contributed by atoms with E-state index in [0.717, 1.165) is 0 Å². The van der Waals surface area contributed by atoms with Gasteiger partial charge >= 0.3 is 0 Å². The lowest BCUT2D eigenvalue weighted by Gasteiger charge is -2.19. The molecule has 0 N–H and O–H groups in total. The van der Waals surface area contributed by atoms with E-state index in [-0.39, 0.29) is 36.7 Å². The first-order valence-corrected chi connectivity index (χ1v) is 9.17. The summed E-state index contributed by atoms with van der Waals surface area (Å²) in [6.45, 7) is 0. The first kappa shape index (κ1) is 14.7. The van der Waals surface area contributed by atoms with Crippen molar-refractivity contribution in [3.8, 4) is 0 Å². The molecule has 0 atom stereocenters. The van der Waals surface area contributed by atoms with Crippen LogP contribution in [0.15, 0.2) is 41.3 Å². The van der Waals surface area contributed by atoms with Gasteiger partial charge in [-0.2, -0.15) is 0 Å². The number of carbonyl (C=O) groups excluding carboxylic acids is 2. The Morgan fingerprint density at radius 2 is 1.43 bits per heavy atom. The number of hydrogen-bond acceptors (Lipinski definition) is 4. The number of ketones is 2. The van der Waals surface area contributed by atoms with Gasteiger partial charge in [-0.25, -0.2) is 8.42 Å². The van der Waals surface area contributed by atoms with Crippen LogP contribution in [0, 0.1) is 3.57 Å². The summed E-state index contributed by atoms with van der Waals surface area (Å²) in [6, 6.07) is 9.06. The highest BCUT2D eigenvalue weighted by atomic mass is 127. The molecule has 0 saturated carbocycles. The second-order valence-corrected chi connectivity index (χ2v) is 8.06. The fourth-order valence-corrected chi connectivity index (χ4v) is 5.22. The van der Waals surface area contributed by atoms with Crippen molar-refractivity contribution < 1.29 is 18.0 Å². The van der Waals surface area contributed by atoms with Gasteiger partial charge in [-0.05, 0) is 34.7 Å². The third kappa shape index (κ3) is 2.21. The zero-order valence-electron chi connectivity index (χ0n) is 10.3. The van der Waals surface area contributed by atoms with Crippen LogP contribution >= 0.6 is 33.3 Å². The van der Waals surface area contributed by atoms with Gasteiger partial charge in [0.25, 0.3) is 9.05 Å². The van der Waals surface area contributed by atoms with Crippen molar-refractivity contribution in [3.63, 3.8) is 0 Å². The van der Waals surface area contributed by atoms with Crippen LogP contribution in [-0.2, 0) is 9.05 Å². The fourth-order valence-electron chi connectivity index (χ4n) is 2.32. The lowest BCUT2D eigenvalue weighted by Crippen LogP contribution is -2.22. The lowest BCUT2D eigenvalue weighted by atomic mass is 9.84. The molecule has 106 valence electrons. The summed E-state index contributed by atoms with van der Waals surface area (Å²) in [5.41, 5.74) is 0.900. The summed E-state index contributed by atoms with van der Waals surface area (Å²) in [5, 5.41) is 0. The van der Waals surface area contributed by atoms with Crippen LogP contribution < -0.4 is 0 Å². The van der Waals surface area contributed by atoms with Crippen molar-refractivity contribution in [3.05, 3.63) is 62.2 Å². The van der Waals surface area contributed by atoms with Crippen LogP contribution in [0.3, 0.4) is 0 Å². The smallest absolute Gasteiger partial charge is 0.262 e. The molecule has 0 fully saturated rings. The molecule has 2 aromatic rings. The van der Waals surface area contributed by atoms with Gasteiger partial charge in [0.2, 0.25) is 0 Å². The topological polar surface area (TPSA) is 68.3 Å². The molecule has 0 amide bonds. The molecule has 2 aromatic carbocycles. The molecule has 21 heavy (non-hydrogen) atoms. The number of benzene rings is 2. The van der Waals surface area contributed by atoms with Crippen LogP contribution in [0.4, 0.5) is 0 Å². The normalized spacial score (nSPS) is 13.8. The number of rotatable bonds is 1. The molecule has 4 nitrogen and oxygen atoms in total. The van der Waals surface area contributed by atoms with Gasteiger partial charge in [0.05, 0.1) is 4.90 Å². The summed E-state index contributed by atoms with van der Waals surface area (Å²) in [4.78, 5) is 24.8. The predicted molar refractivity (Wildman–Crippen MR) is 85.5 cm³/mol. The van der Waals surface area contributed by atoms with E-state index >= 15 is 0 Å². The van der Waals surface area contributed by atoms with Crippen molar-refractivity contribution in [2.75, 3.05) is 0 Å². The van der Waals surface area contributed by atoms with Crippen molar-refractivity contribution in [2.24, 2.45) is 0 Å². The zero-order valence-corrected chi connectivity index (χ0v) is 14.0. The highest BCUT2D eigenvalue weighted by Crippen LogP contribution is 2.34.